The number of fused-ring (bicyclic) bond motifs is 1. The quantitative estimate of drug-likeness (QED) is 0.761. The molecule has 6 heteroatoms. The lowest BCUT2D eigenvalue weighted by Crippen LogP contribution is -2.43. The number of rotatable bonds is 4. The largest absolute Gasteiger partial charge is 0.502 e. The summed E-state index contributed by atoms with van der Waals surface area (Å²) in [4.78, 5) is 25.9. The van der Waals surface area contributed by atoms with Crippen molar-refractivity contribution < 1.29 is 9.90 Å². The van der Waals surface area contributed by atoms with Crippen LogP contribution in [0.5, 0.6) is 5.75 Å². The third kappa shape index (κ3) is 3.17. The van der Waals surface area contributed by atoms with Gasteiger partial charge < -0.3 is 10.0 Å². The topological polar surface area (TPSA) is 75.4 Å². The van der Waals surface area contributed by atoms with Gasteiger partial charge in [-0.2, -0.15) is 5.10 Å². The zero-order valence-electron chi connectivity index (χ0n) is 15.5. The van der Waals surface area contributed by atoms with Gasteiger partial charge in [-0.1, -0.05) is 60.7 Å². The standard InChI is InChI=1S/C22H21N3O3/c1-24-14-17(25-20(22(24)28)21(27)19(26)13-23-25)12-18(15-8-4-2-5-9-15)16-10-6-3-7-11-16/h2-11,13,17-18,27H,12,14H2,1H3. The van der Waals surface area contributed by atoms with Crippen LogP contribution in [-0.2, 0) is 0 Å². The minimum absolute atomic E-state index is 0.0360. The zero-order chi connectivity index (χ0) is 19.7. The Morgan fingerprint density at radius 2 is 1.61 bits per heavy atom. The minimum Gasteiger partial charge on any atom is -0.502 e. The normalized spacial score (nSPS) is 16.3. The van der Waals surface area contributed by atoms with Crippen LogP contribution in [0.4, 0.5) is 0 Å². The molecule has 0 saturated heterocycles. The Morgan fingerprint density at radius 1 is 1.04 bits per heavy atom. The van der Waals surface area contributed by atoms with Gasteiger partial charge in [0.15, 0.2) is 11.4 Å². The second-order valence-electron chi connectivity index (χ2n) is 7.10. The molecule has 0 bridgehead atoms. The predicted octanol–water partition coefficient (Wildman–Crippen LogP) is 2.80. The number of benzene rings is 2. The summed E-state index contributed by atoms with van der Waals surface area (Å²) < 4.78 is 1.51. The number of amides is 1. The minimum atomic E-state index is -0.642. The maximum Gasteiger partial charge on any atom is 0.275 e. The van der Waals surface area contributed by atoms with Crippen LogP contribution in [0.25, 0.3) is 0 Å². The van der Waals surface area contributed by atoms with Crippen LogP contribution >= 0.6 is 0 Å². The van der Waals surface area contributed by atoms with Crippen LogP contribution in [0, 0.1) is 0 Å². The molecule has 3 aromatic rings. The van der Waals surface area contributed by atoms with E-state index < -0.39 is 17.1 Å². The van der Waals surface area contributed by atoms with Gasteiger partial charge in [-0.15, -0.1) is 0 Å². The summed E-state index contributed by atoms with van der Waals surface area (Å²) in [5.74, 6) is -0.840. The molecule has 6 nitrogen and oxygen atoms in total. The van der Waals surface area contributed by atoms with Gasteiger partial charge in [0.2, 0.25) is 5.43 Å². The summed E-state index contributed by atoms with van der Waals surface area (Å²) in [6, 6.07) is 20.2. The maximum atomic E-state index is 12.5. The molecule has 4 rings (SSSR count). The number of hydrogen-bond acceptors (Lipinski definition) is 4. The Bertz CT molecular complexity index is 1010. The van der Waals surface area contributed by atoms with Gasteiger partial charge in [0.05, 0.1) is 12.2 Å². The van der Waals surface area contributed by atoms with E-state index in [2.05, 4.69) is 29.4 Å². The summed E-state index contributed by atoms with van der Waals surface area (Å²) >= 11 is 0. The van der Waals surface area contributed by atoms with E-state index in [0.717, 1.165) is 6.20 Å². The molecule has 1 aliphatic rings. The Kier molecular flexibility index (Phi) is 4.69. The number of hydrogen-bond donors (Lipinski definition) is 1. The van der Waals surface area contributed by atoms with Crippen molar-refractivity contribution in [3.63, 3.8) is 0 Å². The van der Waals surface area contributed by atoms with E-state index in [1.54, 1.807) is 7.05 Å². The molecule has 1 aliphatic heterocycles. The SMILES string of the molecule is CN1CC(CC(c2ccccc2)c2ccccc2)n2ncc(=O)c(O)c2C1=O. The predicted molar refractivity (Wildman–Crippen MR) is 106 cm³/mol. The highest BCUT2D eigenvalue weighted by atomic mass is 16.3. The fraction of sp³-hybridized carbons (Fsp3) is 0.227. The first kappa shape index (κ1) is 18.0. The van der Waals surface area contributed by atoms with Crippen molar-refractivity contribution in [2.24, 2.45) is 0 Å². The molecular weight excluding hydrogens is 354 g/mol. The van der Waals surface area contributed by atoms with E-state index >= 15 is 0 Å². The fourth-order valence-electron chi connectivity index (χ4n) is 3.87. The smallest absolute Gasteiger partial charge is 0.275 e. The molecular formula is C22H21N3O3. The Labute approximate surface area is 162 Å². The molecule has 0 saturated carbocycles. The van der Waals surface area contributed by atoms with Crippen molar-refractivity contribution in [1.29, 1.82) is 0 Å². The molecule has 142 valence electrons. The lowest BCUT2D eigenvalue weighted by molar-refractivity contribution is 0.0688. The molecule has 2 aromatic carbocycles. The second kappa shape index (κ2) is 7.31. The lowest BCUT2D eigenvalue weighted by atomic mass is 9.85. The van der Waals surface area contributed by atoms with E-state index in [-0.39, 0.29) is 17.7 Å². The maximum absolute atomic E-state index is 12.5. The molecule has 28 heavy (non-hydrogen) atoms. The van der Waals surface area contributed by atoms with Gasteiger partial charge in [0, 0.05) is 19.5 Å². The molecule has 0 fully saturated rings. The number of aromatic hydroxyl groups is 1. The number of carbonyl (C=O) groups excluding carboxylic acids is 1. The molecule has 1 amide bonds. The first-order valence-electron chi connectivity index (χ1n) is 9.22. The van der Waals surface area contributed by atoms with Crippen LogP contribution in [0.3, 0.4) is 0 Å². The van der Waals surface area contributed by atoms with Crippen molar-refractivity contribution in [2.45, 2.75) is 18.4 Å². The molecule has 1 N–H and O–H groups in total. The highest BCUT2D eigenvalue weighted by Crippen LogP contribution is 2.35. The van der Waals surface area contributed by atoms with Gasteiger partial charge in [-0.3, -0.25) is 14.3 Å². The first-order valence-corrected chi connectivity index (χ1v) is 9.22. The van der Waals surface area contributed by atoms with Gasteiger partial charge >= 0.3 is 0 Å². The van der Waals surface area contributed by atoms with Gasteiger partial charge in [0.1, 0.15) is 0 Å². The Balaban J connectivity index is 1.78. The van der Waals surface area contributed by atoms with Crippen LogP contribution in [-0.4, -0.2) is 39.3 Å². The Morgan fingerprint density at radius 3 is 2.18 bits per heavy atom. The molecule has 1 unspecified atom stereocenters. The fourth-order valence-corrected chi connectivity index (χ4v) is 3.87. The second-order valence-corrected chi connectivity index (χ2v) is 7.10. The van der Waals surface area contributed by atoms with Crippen molar-refractivity contribution in [1.82, 2.24) is 14.7 Å². The summed E-state index contributed by atoms with van der Waals surface area (Å²) in [6.45, 7) is 0.456. The number of nitrogens with zero attached hydrogens (tertiary/aromatic N) is 3. The summed E-state index contributed by atoms with van der Waals surface area (Å²) in [7, 11) is 1.68. The van der Waals surface area contributed by atoms with Crippen molar-refractivity contribution in [2.75, 3.05) is 13.6 Å². The third-order valence-electron chi connectivity index (χ3n) is 5.28. The van der Waals surface area contributed by atoms with Gasteiger partial charge in [0.25, 0.3) is 5.91 Å². The molecule has 1 atom stereocenters. The van der Waals surface area contributed by atoms with Gasteiger partial charge in [-0.05, 0) is 17.5 Å². The number of carbonyl (C=O) groups is 1. The van der Waals surface area contributed by atoms with Crippen LogP contribution in [0.2, 0.25) is 0 Å². The monoisotopic (exact) mass is 375 g/mol. The lowest BCUT2D eigenvalue weighted by Gasteiger charge is -2.35. The zero-order valence-corrected chi connectivity index (χ0v) is 15.5. The number of aromatic nitrogens is 2. The molecule has 1 aromatic heterocycles. The molecule has 0 spiro atoms. The summed E-state index contributed by atoms with van der Waals surface area (Å²) in [5, 5.41) is 14.4. The van der Waals surface area contributed by atoms with E-state index in [9.17, 15) is 14.7 Å². The molecule has 2 heterocycles. The average molecular weight is 375 g/mol. The van der Waals surface area contributed by atoms with Gasteiger partial charge in [-0.25, -0.2) is 0 Å². The summed E-state index contributed by atoms with van der Waals surface area (Å²) in [6.07, 6.45) is 1.75. The molecule has 0 radical (unpaired) electrons. The van der Waals surface area contributed by atoms with E-state index in [0.29, 0.717) is 13.0 Å². The van der Waals surface area contributed by atoms with Crippen LogP contribution < -0.4 is 5.43 Å². The number of likely N-dealkylation sites (N-methyl/N-ethyl adjacent to an activating group) is 1. The van der Waals surface area contributed by atoms with E-state index in [1.807, 2.05) is 36.4 Å². The van der Waals surface area contributed by atoms with Crippen LogP contribution in [0.15, 0.2) is 71.7 Å². The molecule has 0 aliphatic carbocycles. The summed E-state index contributed by atoms with van der Waals surface area (Å²) in [5.41, 5.74) is 1.66. The first-order chi connectivity index (χ1) is 13.6. The highest BCUT2D eigenvalue weighted by molar-refractivity contribution is 5.95. The van der Waals surface area contributed by atoms with Crippen molar-refractivity contribution in [3.8, 4) is 5.75 Å². The van der Waals surface area contributed by atoms with Crippen molar-refractivity contribution in [3.05, 3.63) is 93.9 Å². The third-order valence-corrected chi connectivity index (χ3v) is 5.28. The van der Waals surface area contributed by atoms with E-state index in [4.69, 9.17) is 0 Å². The average Bonchev–Trinajstić information content (AvgIpc) is 2.73. The highest BCUT2D eigenvalue weighted by Gasteiger charge is 2.34. The van der Waals surface area contributed by atoms with Crippen LogP contribution in [0.1, 0.15) is 40.0 Å². The Hall–Kier alpha value is -3.41. The van der Waals surface area contributed by atoms with Crippen molar-refractivity contribution >= 4 is 5.91 Å². The van der Waals surface area contributed by atoms with E-state index in [1.165, 1.54) is 20.7 Å².